The second kappa shape index (κ2) is 11.2. The van der Waals surface area contributed by atoms with Gasteiger partial charge in [0.15, 0.2) is 6.61 Å². The van der Waals surface area contributed by atoms with Crippen molar-refractivity contribution in [2.75, 3.05) is 19.0 Å². The van der Waals surface area contributed by atoms with E-state index >= 15 is 4.39 Å². The van der Waals surface area contributed by atoms with Gasteiger partial charge in [-0.25, -0.2) is 19.2 Å². The van der Waals surface area contributed by atoms with Crippen LogP contribution in [-0.4, -0.2) is 46.6 Å². The number of ether oxygens (including phenoxy) is 2. The first-order valence-corrected chi connectivity index (χ1v) is 12.3. The van der Waals surface area contributed by atoms with Crippen molar-refractivity contribution in [2.24, 2.45) is 4.99 Å². The summed E-state index contributed by atoms with van der Waals surface area (Å²) in [6.45, 7) is -1.65. The minimum absolute atomic E-state index is 0.0273. The van der Waals surface area contributed by atoms with E-state index < -0.39 is 24.6 Å². The predicted octanol–water partition coefficient (Wildman–Crippen LogP) is 6.01. The fourth-order valence-electron chi connectivity index (χ4n) is 4.40. The number of aromatic nitrogens is 2. The summed E-state index contributed by atoms with van der Waals surface area (Å²) in [5, 5.41) is 12.3. The second-order valence-corrected chi connectivity index (χ2v) is 9.00. The standard InChI is InChI=1S/C30H20F4N4O4/c1-3-16-7-9-19-21(11-16)27(25-22(31)5-4-6-23(25)42-15-30(32,33)34)35-13-17-14-36-29(38-26(17)19)37-18-8-10-20(28(39)40)24(12-18)41-2/h1,4-12,14H,13,15H2,2H3,(H,39,40)(H,36,37,38). The molecule has 0 aliphatic carbocycles. The van der Waals surface area contributed by atoms with Gasteiger partial charge >= 0.3 is 12.1 Å². The highest BCUT2D eigenvalue weighted by Gasteiger charge is 2.31. The minimum Gasteiger partial charge on any atom is -0.496 e. The maximum absolute atomic E-state index is 15.3. The molecule has 0 atom stereocenters. The highest BCUT2D eigenvalue weighted by atomic mass is 19.4. The molecule has 0 unspecified atom stereocenters. The smallest absolute Gasteiger partial charge is 0.422 e. The molecule has 1 aliphatic heterocycles. The summed E-state index contributed by atoms with van der Waals surface area (Å²) in [4.78, 5) is 25.0. The SMILES string of the molecule is C#Cc1ccc2c(c1)C(c1c(F)cccc1OCC(F)(F)F)=NCc1cnc(Nc3ccc(C(=O)O)c(OC)c3)nc1-2. The average molecular weight is 577 g/mol. The van der Waals surface area contributed by atoms with Gasteiger partial charge in [0.25, 0.3) is 0 Å². The number of carbonyl (C=O) groups is 1. The summed E-state index contributed by atoms with van der Waals surface area (Å²) in [6.07, 6.45) is 2.50. The molecule has 3 aromatic carbocycles. The highest BCUT2D eigenvalue weighted by molar-refractivity contribution is 6.18. The van der Waals surface area contributed by atoms with E-state index in [1.54, 1.807) is 18.2 Å². The van der Waals surface area contributed by atoms with Crippen molar-refractivity contribution in [3.63, 3.8) is 0 Å². The first-order valence-electron chi connectivity index (χ1n) is 12.3. The number of benzene rings is 3. The number of carboxylic acid groups (broad SMARTS) is 1. The molecular formula is C30H20F4N4O4. The number of halogens is 4. The molecule has 212 valence electrons. The lowest BCUT2D eigenvalue weighted by molar-refractivity contribution is -0.153. The number of aliphatic imine (C=N–C) groups is 1. The molecule has 0 bridgehead atoms. The number of carboxylic acids is 1. The number of aromatic carboxylic acids is 1. The van der Waals surface area contributed by atoms with Gasteiger partial charge in [-0.2, -0.15) is 13.2 Å². The number of rotatable bonds is 7. The van der Waals surface area contributed by atoms with Crippen molar-refractivity contribution in [3.05, 3.63) is 94.4 Å². The Morgan fingerprint density at radius 3 is 2.64 bits per heavy atom. The van der Waals surface area contributed by atoms with E-state index in [9.17, 15) is 23.1 Å². The molecule has 1 aliphatic rings. The Morgan fingerprint density at radius 2 is 1.93 bits per heavy atom. The van der Waals surface area contributed by atoms with E-state index in [4.69, 9.17) is 15.9 Å². The van der Waals surface area contributed by atoms with E-state index in [2.05, 4.69) is 26.2 Å². The third-order valence-electron chi connectivity index (χ3n) is 6.26. The Morgan fingerprint density at radius 1 is 1.12 bits per heavy atom. The van der Waals surface area contributed by atoms with Gasteiger partial charge in [-0.3, -0.25) is 4.99 Å². The van der Waals surface area contributed by atoms with Crippen molar-refractivity contribution in [2.45, 2.75) is 12.7 Å². The molecule has 12 heteroatoms. The van der Waals surface area contributed by atoms with Crippen LogP contribution >= 0.6 is 0 Å². The van der Waals surface area contributed by atoms with Crippen LogP contribution in [0.2, 0.25) is 0 Å². The molecule has 2 heterocycles. The van der Waals surface area contributed by atoms with Crippen LogP contribution in [0.3, 0.4) is 0 Å². The number of alkyl halides is 3. The molecule has 5 rings (SSSR count). The lowest BCUT2D eigenvalue weighted by atomic mass is 9.93. The molecule has 42 heavy (non-hydrogen) atoms. The molecule has 0 fully saturated rings. The Labute approximate surface area is 236 Å². The molecule has 1 aromatic heterocycles. The summed E-state index contributed by atoms with van der Waals surface area (Å²) in [5.74, 6) is 0.466. The minimum atomic E-state index is -4.64. The van der Waals surface area contributed by atoms with Gasteiger partial charge in [-0.15, -0.1) is 6.42 Å². The summed E-state index contributed by atoms with van der Waals surface area (Å²) in [6, 6.07) is 12.9. The fraction of sp³-hybridized carbons (Fsp3) is 0.133. The van der Waals surface area contributed by atoms with Crippen LogP contribution in [0.1, 0.15) is 32.6 Å². The normalized spacial score (nSPS) is 12.2. The van der Waals surface area contributed by atoms with Gasteiger partial charge in [0.05, 0.1) is 30.6 Å². The molecule has 0 saturated carbocycles. The average Bonchev–Trinajstić information content (AvgIpc) is 3.11. The summed E-state index contributed by atoms with van der Waals surface area (Å²) in [7, 11) is 1.35. The maximum Gasteiger partial charge on any atom is 0.422 e. The van der Waals surface area contributed by atoms with Crippen LogP contribution in [0.25, 0.3) is 11.3 Å². The zero-order valence-electron chi connectivity index (χ0n) is 21.8. The molecule has 8 nitrogen and oxygen atoms in total. The number of nitrogens with one attached hydrogen (secondary N) is 1. The molecule has 4 aromatic rings. The summed E-state index contributed by atoms with van der Waals surface area (Å²) >= 11 is 0. The molecular weight excluding hydrogens is 556 g/mol. The lowest BCUT2D eigenvalue weighted by Crippen LogP contribution is -2.21. The van der Waals surface area contributed by atoms with Crippen LogP contribution in [0.4, 0.5) is 29.2 Å². The Hall–Kier alpha value is -5.44. The van der Waals surface area contributed by atoms with Gasteiger partial charge in [0.1, 0.15) is 22.9 Å². The van der Waals surface area contributed by atoms with Crippen LogP contribution in [-0.2, 0) is 6.54 Å². The number of anilines is 2. The van der Waals surface area contributed by atoms with Gasteiger partial charge < -0.3 is 19.9 Å². The fourth-order valence-corrected chi connectivity index (χ4v) is 4.40. The van der Waals surface area contributed by atoms with E-state index in [1.165, 1.54) is 43.6 Å². The summed E-state index contributed by atoms with van der Waals surface area (Å²) < 4.78 is 64.3. The number of terminal acetylenes is 1. The maximum atomic E-state index is 15.3. The van der Waals surface area contributed by atoms with Crippen molar-refractivity contribution in [3.8, 4) is 35.1 Å². The van der Waals surface area contributed by atoms with E-state index in [-0.39, 0.29) is 40.8 Å². The summed E-state index contributed by atoms with van der Waals surface area (Å²) in [5.41, 5.74) is 2.44. The van der Waals surface area contributed by atoms with Crippen molar-refractivity contribution in [1.82, 2.24) is 9.97 Å². The van der Waals surface area contributed by atoms with Gasteiger partial charge in [0.2, 0.25) is 5.95 Å². The first-order chi connectivity index (χ1) is 20.1. The molecule has 0 spiro atoms. The van der Waals surface area contributed by atoms with Crippen LogP contribution in [0, 0.1) is 18.2 Å². The number of hydrogen-bond acceptors (Lipinski definition) is 7. The Bertz CT molecular complexity index is 1780. The van der Waals surface area contributed by atoms with Crippen LogP contribution in [0.15, 0.2) is 65.8 Å². The van der Waals surface area contributed by atoms with Gasteiger partial charge in [-0.05, 0) is 36.4 Å². The van der Waals surface area contributed by atoms with Crippen LogP contribution < -0.4 is 14.8 Å². The zero-order valence-corrected chi connectivity index (χ0v) is 21.8. The molecule has 0 saturated heterocycles. The topological polar surface area (TPSA) is 106 Å². The van der Waals surface area contributed by atoms with Crippen molar-refractivity contribution >= 4 is 23.3 Å². The van der Waals surface area contributed by atoms with E-state index in [0.717, 1.165) is 6.07 Å². The quantitative estimate of drug-likeness (QED) is 0.205. The molecule has 0 amide bonds. The van der Waals surface area contributed by atoms with Gasteiger partial charge in [-0.1, -0.05) is 18.1 Å². The van der Waals surface area contributed by atoms with Gasteiger partial charge in [0, 0.05) is 40.2 Å². The Kier molecular flexibility index (Phi) is 7.50. The predicted molar refractivity (Wildman–Crippen MR) is 146 cm³/mol. The molecule has 0 radical (unpaired) electrons. The second-order valence-electron chi connectivity index (χ2n) is 9.00. The largest absolute Gasteiger partial charge is 0.496 e. The number of nitrogens with zero attached hydrogens (tertiary/aromatic N) is 3. The number of methoxy groups -OCH3 is 1. The third kappa shape index (κ3) is 5.71. The number of fused-ring (bicyclic) bond motifs is 3. The van der Waals surface area contributed by atoms with E-state index in [0.29, 0.717) is 33.6 Å². The van der Waals surface area contributed by atoms with Crippen molar-refractivity contribution in [1.29, 1.82) is 0 Å². The molecule has 2 N–H and O–H groups in total. The highest BCUT2D eigenvalue weighted by Crippen LogP contribution is 2.36. The van der Waals surface area contributed by atoms with E-state index in [1.807, 2.05) is 0 Å². The van der Waals surface area contributed by atoms with Crippen LogP contribution in [0.5, 0.6) is 11.5 Å². The Balaban J connectivity index is 1.60. The monoisotopic (exact) mass is 576 g/mol. The number of hydrogen-bond donors (Lipinski definition) is 2. The first kappa shape index (κ1) is 28.1. The third-order valence-corrected chi connectivity index (χ3v) is 6.26. The lowest BCUT2D eigenvalue weighted by Gasteiger charge is -2.17. The zero-order chi connectivity index (χ0) is 30.0. The van der Waals surface area contributed by atoms with Crippen molar-refractivity contribution < 1.29 is 36.9 Å².